The molecular formula is C29H29N5O2. The van der Waals surface area contributed by atoms with Crippen molar-refractivity contribution in [3.8, 4) is 5.82 Å². The minimum Gasteiger partial charge on any atom is -0.339 e. The molecule has 0 N–H and O–H groups in total. The van der Waals surface area contributed by atoms with Crippen LogP contribution in [0.15, 0.2) is 54.7 Å². The smallest absolute Gasteiger partial charge is 0.254 e. The average molecular weight is 480 g/mol. The molecule has 0 atom stereocenters. The van der Waals surface area contributed by atoms with Gasteiger partial charge in [0.25, 0.3) is 5.91 Å². The van der Waals surface area contributed by atoms with E-state index in [1.165, 1.54) is 0 Å². The third-order valence-electron chi connectivity index (χ3n) is 7.41. The Balaban J connectivity index is 1.29. The van der Waals surface area contributed by atoms with Gasteiger partial charge in [0.05, 0.1) is 16.6 Å². The van der Waals surface area contributed by atoms with Gasteiger partial charge >= 0.3 is 0 Å². The van der Waals surface area contributed by atoms with E-state index in [0.717, 1.165) is 40.7 Å². The molecule has 2 fully saturated rings. The van der Waals surface area contributed by atoms with E-state index in [0.29, 0.717) is 48.9 Å². The zero-order chi connectivity index (χ0) is 24.8. The molecule has 1 aliphatic carbocycles. The van der Waals surface area contributed by atoms with Crippen LogP contribution in [-0.2, 0) is 0 Å². The summed E-state index contributed by atoms with van der Waals surface area (Å²) in [5.41, 5.74) is 4.95. The van der Waals surface area contributed by atoms with Crippen molar-refractivity contribution in [2.75, 3.05) is 13.1 Å². The molecule has 0 bridgehead atoms. The topological polar surface area (TPSA) is 81.0 Å². The van der Waals surface area contributed by atoms with Gasteiger partial charge in [-0.2, -0.15) is 9.78 Å². The van der Waals surface area contributed by atoms with Gasteiger partial charge in [0, 0.05) is 42.4 Å². The normalized spacial score (nSPS) is 16.4. The number of ketones is 1. The van der Waals surface area contributed by atoms with Crippen LogP contribution in [0.4, 0.5) is 0 Å². The van der Waals surface area contributed by atoms with Crippen LogP contribution in [0.3, 0.4) is 0 Å². The molecule has 7 heteroatoms. The molecule has 1 aliphatic heterocycles. The van der Waals surface area contributed by atoms with E-state index in [2.05, 4.69) is 4.98 Å². The van der Waals surface area contributed by atoms with Gasteiger partial charge in [-0.25, -0.2) is 9.97 Å². The fourth-order valence-corrected chi connectivity index (χ4v) is 5.17. The molecule has 182 valence electrons. The third-order valence-corrected chi connectivity index (χ3v) is 7.41. The summed E-state index contributed by atoms with van der Waals surface area (Å²) in [7, 11) is 0. The van der Waals surface area contributed by atoms with Crippen LogP contribution < -0.4 is 0 Å². The average Bonchev–Trinajstić information content (AvgIpc) is 3.72. The van der Waals surface area contributed by atoms with E-state index in [1.54, 1.807) is 10.9 Å². The second kappa shape index (κ2) is 8.97. The molecule has 36 heavy (non-hydrogen) atoms. The van der Waals surface area contributed by atoms with Crippen LogP contribution >= 0.6 is 0 Å². The fraction of sp³-hybridized carbons (Fsp3) is 0.345. The zero-order valence-electron chi connectivity index (χ0n) is 20.6. The Morgan fingerprint density at radius 1 is 0.944 bits per heavy atom. The maximum Gasteiger partial charge on any atom is 0.254 e. The van der Waals surface area contributed by atoms with Crippen molar-refractivity contribution in [2.24, 2.45) is 5.92 Å². The lowest BCUT2D eigenvalue weighted by atomic mass is 9.88. The van der Waals surface area contributed by atoms with Crippen LogP contribution in [0.5, 0.6) is 0 Å². The number of hydrogen-bond donors (Lipinski definition) is 0. The monoisotopic (exact) mass is 479 g/mol. The van der Waals surface area contributed by atoms with Crippen LogP contribution in [0.1, 0.15) is 69.3 Å². The first-order valence-corrected chi connectivity index (χ1v) is 12.7. The van der Waals surface area contributed by atoms with Gasteiger partial charge in [-0.05, 0) is 57.7 Å². The van der Waals surface area contributed by atoms with Crippen molar-refractivity contribution in [1.29, 1.82) is 0 Å². The highest BCUT2D eigenvalue weighted by Gasteiger charge is 2.32. The molecule has 6 rings (SSSR count). The van der Waals surface area contributed by atoms with Crippen LogP contribution in [0.25, 0.3) is 16.9 Å². The molecule has 4 heterocycles. The van der Waals surface area contributed by atoms with Gasteiger partial charge in [-0.15, -0.1) is 0 Å². The predicted molar refractivity (Wildman–Crippen MR) is 138 cm³/mol. The molecule has 1 aromatic carbocycles. The highest BCUT2D eigenvalue weighted by molar-refractivity contribution is 6.07. The number of pyridine rings is 2. The van der Waals surface area contributed by atoms with Crippen molar-refractivity contribution < 1.29 is 9.59 Å². The standard InChI is InChI=1S/C29H29N5O2/c1-18-6-8-21(9-7-18)27(35)22-12-15-33(16-13-22)29(36)23-17-24(20-10-11-20)31-28-26(23)19(2)32-34(28)25-5-3-4-14-30-25/h3-9,14,17,20,22H,10-13,15-16H2,1-2H3. The largest absolute Gasteiger partial charge is 0.339 e. The van der Waals surface area contributed by atoms with Gasteiger partial charge in [0.1, 0.15) is 0 Å². The second-order valence-corrected chi connectivity index (χ2v) is 10.0. The van der Waals surface area contributed by atoms with E-state index in [4.69, 9.17) is 10.1 Å². The minimum atomic E-state index is -0.0510. The van der Waals surface area contributed by atoms with Crippen LogP contribution in [0.2, 0.25) is 0 Å². The van der Waals surface area contributed by atoms with Gasteiger partial charge in [-0.3, -0.25) is 9.59 Å². The lowest BCUT2D eigenvalue weighted by Crippen LogP contribution is -2.40. The van der Waals surface area contributed by atoms with E-state index >= 15 is 0 Å². The Kier molecular flexibility index (Phi) is 5.63. The molecule has 0 radical (unpaired) electrons. The summed E-state index contributed by atoms with van der Waals surface area (Å²) < 4.78 is 1.75. The van der Waals surface area contributed by atoms with Gasteiger partial charge in [-0.1, -0.05) is 35.9 Å². The molecule has 1 saturated heterocycles. The summed E-state index contributed by atoms with van der Waals surface area (Å²) in [6.07, 6.45) is 5.27. The number of nitrogens with zero attached hydrogens (tertiary/aromatic N) is 5. The van der Waals surface area contributed by atoms with Crippen molar-refractivity contribution in [2.45, 2.75) is 45.4 Å². The van der Waals surface area contributed by atoms with E-state index in [9.17, 15) is 9.59 Å². The van der Waals surface area contributed by atoms with E-state index < -0.39 is 0 Å². The number of carbonyl (C=O) groups is 2. The fourth-order valence-electron chi connectivity index (χ4n) is 5.17. The first-order chi connectivity index (χ1) is 17.5. The Labute approximate surface area is 210 Å². The summed E-state index contributed by atoms with van der Waals surface area (Å²) >= 11 is 0. The lowest BCUT2D eigenvalue weighted by Gasteiger charge is -2.31. The minimum absolute atomic E-state index is 0.00537. The number of rotatable bonds is 5. The Hall–Kier alpha value is -3.87. The Bertz CT molecular complexity index is 1450. The zero-order valence-corrected chi connectivity index (χ0v) is 20.6. The summed E-state index contributed by atoms with van der Waals surface area (Å²) in [6.45, 7) is 5.07. The molecule has 1 saturated carbocycles. The van der Waals surface area contributed by atoms with Gasteiger partial charge in [0.15, 0.2) is 17.2 Å². The quantitative estimate of drug-likeness (QED) is 0.375. The molecular weight excluding hydrogens is 450 g/mol. The molecule has 0 spiro atoms. The first kappa shape index (κ1) is 22.6. The van der Waals surface area contributed by atoms with Crippen molar-refractivity contribution in [3.63, 3.8) is 0 Å². The number of amides is 1. The number of aromatic nitrogens is 4. The number of Topliss-reactive ketones (excluding diaryl/α,β-unsaturated/α-hetero) is 1. The number of benzene rings is 1. The van der Waals surface area contributed by atoms with Crippen molar-refractivity contribution in [1.82, 2.24) is 24.6 Å². The molecule has 2 aliphatic rings. The molecule has 1 amide bonds. The van der Waals surface area contributed by atoms with E-state index in [-0.39, 0.29) is 17.6 Å². The van der Waals surface area contributed by atoms with Crippen molar-refractivity contribution in [3.05, 3.63) is 82.8 Å². The maximum atomic E-state index is 13.9. The number of likely N-dealkylation sites (tertiary alicyclic amines) is 1. The van der Waals surface area contributed by atoms with Gasteiger partial charge < -0.3 is 4.90 Å². The Morgan fingerprint density at radius 3 is 2.36 bits per heavy atom. The number of carbonyl (C=O) groups excluding carboxylic acids is 2. The molecule has 7 nitrogen and oxygen atoms in total. The number of piperidine rings is 1. The second-order valence-electron chi connectivity index (χ2n) is 10.0. The number of fused-ring (bicyclic) bond motifs is 1. The SMILES string of the molecule is Cc1ccc(C(=O)C2CCN(C(=O)c3cc(C4CC4)nc4c3c(C)nn4-c3ccccn3)CC2)cc1. The van der Waals surface area contributed by atoms with Crippen molar-refractivity contribution >= 4 is 22.7 Å². The van der Waals surface area contributed by atoms with Gasteiger partial charge in [0.2, 0.25) is 0 Å². The van der Waals surface area contributed by atoms with Crippen LogP contribution in [-0.4, -0.2) is 49.4 Å². The first-order valence-electron chi connectivity index (χ1n) is 12.7. The maximum absolute atomic E-state index is 13.9. The van der Waals surface area contributed by atoms with Crippen LogP contribution in [0, 0.1) is 19.8 Å². The summed E-state index contributed by atoms with van der Waals surface area (Å²) in [5, 5.41) is 5.51. The summed E-state index contributed by atoms with van der Waals surface area (Å²) in [5.74, 6) is 1.20. The third kappa shape index (κ3) is 4.08. The highest BCUT2D eigenvalue weighted by atomic mass is 16.2. The molecule has 3 aromatic heterocycles. The molecule has 4 aromatic rings. The number of hydrogen-bond acceptors (Lipinski definition) is 5. The lowest BCUT2D eigenvalue weighted by molar-refractivity contribution is 0.0651. The van der Waals surface area contributed by atoms with E-state index in [1.807, 2.05) is 67.3 Å². The highest BCUT2D eigenvalue weighted by Crippen LogP contribution is 2.41. The Morgan fingerprint density at radius 2 is 1.69 bits per heavy atom. The predicted octanol–water partition coefficient (Wildman–Crippen LogP) is 5.04. The molecule has 0 unspecified atom stereocenters. The summed E-state index contributed by atoms with van der Waals surface area (Å²) in [4.78, 5) is 38.2. The summed E-state index contributed by atoms with van der Waals surface area (Å²) in [6, 6.07) is 15.4. The number of aryl methyl sites for hydroxylation is 2.